The molecule has 21 heavy (non-hydrogen) atoms. The maximum absolute atomic E-state index is 12.4. The second-order valence-corrected chi connectivity index (χ2v) is 7.11. The van der Waals surface area contributed by atoms with Gasteiger partial charge in [-0.05, 0) is 58.2 Å². The van der Waals surface area contributed by atoms with Gasteiger partial charge in [0.1, 0.15) is 5.54 Å². The topological polar surface area (TPSA) is 72.9 Å². The summed E-state index contributed by atoms with van der Waals surface area (Å²) < 4.78 is 0. The van der Waals surface area contributed by atoms with Crippen molar-refractivity contribution < 1.29 is 14.7 Å². The van der Waals surface area contributed by atoms with Crippen molar-refractivity contribution in [1.29, 1.82) is 0 Å². The van der Waals surface area contributed by atoms with Crippen molar-refractivity contribution in [3.8, 4) is 0 Å². The summed E-state index contributed by atoms with van der Waals surface area (Å²) in [6, 6.07) is -0.238. The van der Waals surface area contributed by atoms with Crippen LogP contribution in [0.25, 0.3) is 0 Å². The second kappa shape index (κ2) is 5.83. The number of aliphatic carboxylic acids is 1. The molecule has 2 N–H and O–H groups in total. The average molecular weight is 297 g/mol. The number of rotatable bonds is 3. The molecule has 2 heterocycles. The van der Waals surface area contributed by atoms with Gasteiger partial charge in [0.15, 0.2) is 0 Å². The minimum atomic E-state index is -1.06. The summed E-state index contributed by atoms with van der Waals surface area (Å²) in [4.78, 5) is 27.5. The predicted molar refractivity (Wildman–Crippen MR) is 80.2 cm³/mol. The van der Waals surface area contributed by atoms with Crippen molar-refractivity contribution in [2.75, 3.05) is 33.2 Å². The molecule has 6 heteroatoms. The summed E-state index contributed by atoms with van der Waals surface area (Å²) >= 11 is 0. The molecule has 0 aliphatic carbocycles. The molecular weight excluding hydrogens is 270 g/mol. The lowest BCUT2D eigenvalue weighted by molar-refractivity contribution is -0.147. The van der Waals surface area contributed by atoms with E-state index in [9.17, 15) is 14.7 Å². The van der Waals surface area contributed by atoms with E-state index in [-0.39, 0.29) is 11.4 Å². The van der Waals surface area contributed by atoms with Crippen molar-refractivity contribution >= 4 is 12.0 Å². The summed E-state index contributed by atoms with van der Waals surface area (Å²) in [5, 5.41) is 12.3. The molecule has 1 atom stereocenters. The highest BCUT2D eigenvalue weighted by Gasteiger charge is 2.46. The number of carboxylic acid groups (broad SMARTS) is 1. The Morgan fingerprint density at radius 2 is 1.76 bits per heavy atom. The van der Waals surface area contributed by atoms with Gasteiger partial charge in [-0.15, -0.1) is 0 Å². The van der Waals surface area contributed by atoms with E-state index in [0.29, 0.717) is 19.5 Å². The highest BCUT2D eigenvalue weighted by molar-refractivity contribution is 5.86. The Morgan fingerprint density at radius 3 is 2.33 bits per heavy atom. The summed E-state index contributed by atoms with van der Waals surface area (Å²) in [6.45, 7) is 7.06. The SMILES string of the molecule is CN1CCC(C)(CNC(=O)N2CCCC2(C)C(=O)O)CC1. The van der Waals surface area contributed by atoms with Crippen molar-refractivity contribution in [2.45, 2.75) is 45.1 Å². The van der Waals surface area contributed by atoms with Crippen LogP contribution in [0.1, 0.15) is 39.5 Å². The first-order valence-corrected chi connectivity index (χ1v) is 7.74. The Labute approximate surface area is 126 Å². The van der Waals surface area contributed by atoms with Crippen molar-refractivity contribution in [1.82, 2.24) is 15.1 Å². The number of hydrogen-bond donors (Lipinski definition) is 2. The molecule has 2 amide bonds. The molecule has 0 aromatic carbocycles. The Morgan fingerprint density at radius 1 is 1.14 bits per heavy atom. The molecule has 0 aromatic heterocycles. The number of amides is 2. The fourth-order valence-electron chi connectivity index (χ4n) is 3.23. The van der Waals surface area contributed by atoms with Crippen LogP contribution in [0.3, 0.4) is 0 Å². The molecule has 0 aromatic rings. The van der Waals surface area contributed by atoms with Crippen LogP contribution in [0.2, 0.25) is 0 Å². The van der Waals surface area contributed by atoms with Gasteiger partial charge >= 0.3 is 12.0 Å². The summed E-state index contributed by atoms with van der Waals surface area (Å²) in [6.07, 6.45) is 3.38. The van der Waals surface area contributed by atoms with Crippen LogP contribution in [0.5, 0.6) is 0 Å². The summed E-state index contributed by atoms with van der Waals surface area (Å²) in [5.41, 5.74) is -0.945. The molecule has 2 aliphatic rings. The lowest BCUT2D eigenvalue weighted by Crippen LogP contribution is -2.55. The highest BCUT2D eigenvalue weighted by Crippen LogP contribution is 2.31. The third-order valence-electron chi connectivity index (χ3n) is 5.21. The van der Waals surface area contributed by atoms with E-state index < -0.39 is 11.5 Å². The molecule has 2 fully saturated rings. The number of likely N-dealkylation sites (tertiary alicyclic amines) is 2. The third kappa shape index (κ3) is 3.31. The number of piperidine rings is 1. The van der Waals surface area contributed by atoms with E-state index in [0.717, 1.165) is 32.4 Å². The largest absolute Gasteiger partial charge is 0.480 e. The van der Waals surface area contributed by atoms with Gasteiger partial charge in [-0.3, -0.25) is 0 Å². The third-order valence-corrected chi connectivity index (χ3v) is 5.21. The quantitative estimate of drug-likeness (QED) is 0.825. The maximum Gasteiger partial charge on any atom is 0.329 e. The number of carboxylic acids is 1. The lowest BCUT2D eigenvalue weighted by atomic mass is 9.80. The Balaban J connectivity index is 1.91. The van der Waals surface area contributed by atoms with Crippen LogP contribution in [-0.4, -0.2) is 65.7 Å². The van der Waals surface area contributed by atoms with Crippen molar-refractivity contribution in [3.63, 3.8) is 0 Å². The number of hydrogen-bond acceptors (Lipinski definition) is 3. The van der Waals surface area contributed by atoms with Gasteiger partial charge in [0.25, 0.3) is 0 Å². The molecule has 0 saturated carbocycles. The maximum atomic E-state index is 12.4. The first-order valence-electron chi connectivity index (χ1n) is 7.74. The first kappa shape index (κ1) is 16.1. The van der Waals surface area contributed by atoms with Crippen LogP contribution in [0.4, 0.5) is 4.79 Å². The van der Waals surface area contributed by atoms with E-state index in [1.807, 2.05) is 0 Å². The van der Waals surface area contributed by atoms with Crippen molar-refractivity contribution in [3.05, 3.63) is 0 Å². The summed E-state index contributed by atoms with van der Waals surface area (Å²) in [5.74, 6) is -0.916. The second-order valence-electron chi connectivity index (χ2n) is 7.11. The number of carbonyl (C=O) groups excluding carboxylic acids is 1. The zero-order valence-corrected chi connectivity index (χ0v) is 13.3. The number of carbonyl (C=O) groups is 2. The monoisotopic (exact) mass is 297 g/mol. The standard InChI is InChI=1S/C15H27N3O3/c1-14(6-9-17(3)10-7-14)11-16-13(21)18-8-4-5-15(18,2)12(19)20/h4-11H2,1-3H3,(H,16,21)(H,19,20). The molecular formula is C15H27N3O3. The van der Waals surface area contributed by atoms with E-state index in [2.05, 4.69) is 24.2 Å². The van der Waals surface area contributed by atoms with E-state index in [4.69, 9.17) is 0 Å². The number of nitrogens with one attached hydrogen (secondary N) is 1. The van der Waals surface area contributed by atoms with Gasteiger partial charge in [0, 0.05) is 13.1 Å². The normalized spacial score (nSPS) is 29.4. The molecule has 0 radical (unpaired) electrons. The van der Waals surface area contributed by atoms with Crippen molar-refractivity contribution in [2.24, 2.45) is 5.41 Å². The minimum absolute atomic E-state index is 0.113. The zero-order chi connectivity index (χ0) is 15.7. The smallest absolute Gasteiger partial charge is 0.329 e. The predicted octanol–water partition coefficient (Wildman–Crippen LogP) is 1.37. The highest BCUT2D eigenvalue weighted by atomic mass is 16.4. The number of urea groups is 1. The van der Waals surface area contributed by atoms with E-state index in [1.54, 1.807) is 6.92 Å². The molecule has 120 valence electrons. The zero-order valence-electron chi connectivity index (χ0n) is 13.3. The minimum Gasteiger partial charge on any atom is -0.480 e. The van der Waals surface area contributed by atoms with Gasteiger partial charge in [-0.2, -0.15) is 0 Å². The average Bonchev–Trinajstić information content (AvgIpc) is 2.84. The number of nitrogens with zero attached hydrogens (tertiary/aromatic N) is 2. The van der Waals surface area contributed by atoms with Gasteiger partial charge in [-0.25, -0.2) is 9.59 Å². The van der Waals surface area contributed by atoms with E-state index in [1.165, 1.54) is 4.90 Å². The summed E-state index contributed by atoms with van der Waals surface area (Å²) in [7, 11) is 2.11. The Hall–Kier alpha value is -1.30. The van der Waals surface area contributed by atoms with Crippen LogP contribution in [0.15, 0.2) is 0 Å². The molecule has 0 bridgehead atoms. The molecule has 2 rings (SSSR count). The molecule has 2 saturated heterocycles. The molecule has 2 aliphatic heterocycles. The van der Waals surface area contributed by atoms with Crippen LogP contribution in [0, 0.1) is 5.41 Å². The molecule has 0 spiro atoms. The van der Waals surface area contributed by atoms with Crippen LogP contribution in [-0.2, 0) is 4.79 Å². The van der Waals surface area contributed by atoms with Gasteiger partial charge in [0.2, 0.25) is 0 Å². The fourth-order valence-corrected chi connectivity index (χ4v) is 3.23. The lowest BCUT2D eigenvalue weighted by Gasteiger charge is -2.39. The van der Waals surface area contributed by atoms with Gasteiger partial charge < -0.3 is 20.2 Å². The Kier molecular flexibility index (Phi) is 4.46. The molecule has 1 unspecified atom stereocenters. The first-order chi connectivity index (χ1) is 9.77. The fraction of sp³-hybridized carbons (Fsp3) is 0.867. The van der Waals surface area contributed by atoms with Gasteiger partial charge in [-0.1, -0.05) is 6.92 Å². The van der Waals surface area contributed by atoms with Crippen LogP contribution >= 0.6 is 0 Å². The molecule has 6 nitrogen and oxygen atoms in total. The van der Waals surface area contributed by atoms with Gasteiger partial charge in [0.05, 0.1) is 0 Å². The van der Waals surface area contributed by atoms with Crippen LogP contribution < -0.4 is 5.32 Å². The Bertz CT molecular complexity index is 418. The van der Waals surface area contributed by atoms with E-state index >= 15 is 0 Å².